The molecule has 0 aliphatic carbocycles. The lowest BCUT2D eigenvalue weighted by Crippen LogP contribution is -2.51. The summed E-state index contributed by atoms with van der Waals surface area (Å²) in [5, 5.41) is 4.31. The van der Waals surface area contributed by atoms with Crippen LogP contribution in [0.1, 0.15) is 19.4 Å². The van der Waals surface area contributed by atoms with E-state index in [0.29, 0.717) is 30.1 Å². The average molecular weight is 443 g/mol. The second kappa shape index (κ2) is 7.91. The Balaban J connectivity index is 1.86. The quantitative estimate of drug-likeness (QED) is 0.669. The van der Waals surface area contributed by atoms with Gasteiger partial charge in [0.2, 0.25) is 0 Å². The van der Waals surface area contributed by atoms with Crippen molar-refractivity contribution in [3.05, 3.63) is 51.9 Å². The summed E-state index contributed by atoms with van der Waals surface area (Å²) in [6, 6.07) is 5.97. The maximum Gasteiger partial charge on any atom is 0.350 e. The zero-order chi connectivity index (χ0) is 21.7. The molecule has 0 spiro atoms. The summed E-state index contributed by atoms with van der Waals surface area (Å²) in [6.07, 6.45) is 0.686. The molecule has 2 aliphatic rings. The molecule has 3 aromatic rings. The van der Waals surface area contributed by atoms with Gasteiger partial charge in [0, 0.05) is 65.4 Å². The highest BCUT2D eigenvalue weighted by atomic mass is 32.2. The molecule has 1 fully saturated rings. The van der Waals surface area contributed by atoms with Crippen LogP contribution in [0.2, 0.25) is 0 Å². The monoisotopic (exact) mass is 442 g/mol. The summed E-state index contributed by atoms with van der Waals surface area (Å²) >= 11 is 1.63. The van der Waals surface area contributed by atoms with Crippen LogP contribution in [0.25, 0.3) is 22.0 Å². The van der Waals surface area contributed by atoms with Crippen LogP contribution in [0.3, 0.4) is 0 Å². The first-order chi connectivity index (χ1) is 15.0. The molecule has 1 aromatic heterocycles. The lowest BCUT2D eigenvalue weighted by molar-refractivity contribution is 0.497. The van der Waals surface area contributed by atoms with Gasteiger partial charge >= 0.3 is 5.69 Å². The first-order valence-corrected chi connectivity index (χ1v) is 11.6. The number of rotatable bonds is 3. The van der Waals surface area contributed by atoms with Crippen molar-refractivity contribution in [2.24, 2.45) is 0 Å². The van der Waals surface area contributed by atoms with Gasteiger partial charge in [0.1, 0.15) is 17.5 Å². The summed E-state index contributed by atoms with van der Waals surface area (Å²) in [5.74, 6) is 0.221. The Morgan fingerprint density at radius 2 is 2.10 bits per heavy atom. The number of anilines is 1. The molecular formula is C23H24F2N4OS. The number of hydrogen-bond acceptors (Lipinski definition) is 5. The minimum Gasteiger partial charge on any atom is -0.351 e. The molecule has 162 valence electrons. The van der Waals surface area contributed by atoms with Gasteiger partial charge in [-0.3, -0.25) is 4.57 Å². The first-order valence-electron chi connectivity index (χ1n) is 10.7. The predicted molar refractivity (Wildman–Crippen MR) is 121 cm³/mol. The molecule has 8 heteroatoms. The number of hydrogen-bond donors (Lipinski definition) is 1. The predicted octanol–water partition coefficient (Wildman–Crippen LogP) is 3.81. The van der Waals surface area contributed by atoms with Crippen LogP contribution >= 0.6 is 11.8 Å². The molecule has 5 rings (SSSR count). The molecule has 0 radical (unpaired) electrons. The van der Waals surface area contributed by atoms with Crippen molar-refractivity contribution < 1.29 is 8.78 Å². The summed E-state index contributed by atoms with van der Waals surface area (Å²) in [7, 11) is 0. The van der Waals surface area contributed by atoms with E-state index in [0.717, 1.165) is 52.6 Å². The van der Waals surface area contributed by atoms with E-state index in [1.807, 2.05) is 6.92 Å². The SMILES string of the molecule is CCc1cc2c(N3CCNC[C@@H]3C)nc(=O)n3c2c(c1-c1ccc(F)cc1F)SCC3. The van der Waals surface area contributed by atoms with Crippen molar-refractivity contribution in [3.8, 4) is 11.1 Å². The number of nitrogens with one attached hydrogen (secondary N) is 1. The highest BCUT2D eigenvalue weighted by Gasteiger charge is 2.28. The molecule has 1 N–H and O–H groups in total. The van der Waals surface area contributed by atoms with Gasteiger partial charge in [-0.05, 0) is 37.1 Å². The van der Waals surface area contributed by atoms with E-state index in [-0.39, 0.29) is 11.7 Å². The van der Waals surface area contributed by atoms with E-state index in [1.54, 1.807) is 16.3 Å². The zero-order valence-corrected chi connectivity index (χ0v) is 18.4. The Kier molecular flexibility index (Phi) is 5.22. The standard InChI is InChI=1S/C23H24F2N4OS/c1-3-14-10-17-20-21(19(14)16-5-4-15(24)11-18(16)25)31-9-8-29(20)23(30)27-22(17)28-7-6-26-12-13(28)2/h4-5,10-11,13,26H,3,6-9,12H2,1-2H3/t13-/m0/s1. The van der Waals surface area contributed by atoms with Crippen LogP contribution in [0.15, 0.2) is 34.0 Å². The van der Waals surface area contributed by atoms with Gasteiger partial charge in [-0.15, -0.1) is 11.8 Å². The summed E-state index contributed by atoms with van der Waals surface area (Å²) < 4.78 is 30.1. The van der Waals surface area contributed by atoms with E-state index >= 15 is 0 Å². The summed E-state index contributed by atoms with van der Waals surface area (Å²) in [6.45, 7) is 7.14. The lowest BCUT2D eigenvalue weighted by atomic mass is 9.94. The Labute approximate surface area is 183 Å². The van der Waals surface area contributed by atoms with Crippen LogP contribution in [-0.2, 0) is 13.0 Å². The minimum atomic E-state index is -0.600. The molecule has 1 atom stereocenters. The number of piperazine rings is 1. The van der Waals surface area contributed by atoms with Crippen molar-refractivity contribution >= 4 is 28.5 Å². The van der Waals surface area contributed by atoms with Crippen LogP contribution in [0.4, 0.5) is 14.6 Å². The van der Waals surface area contributed by atoms with Crippen molar-refractivity contribution in [2.75, 3.05) is 30.3 Å². The summed E-state index contributed by atoms with van der Waals surface area (Å²) in [4.78, 5) is 20.6. The zero-order valence-electron chi connectivity index (χ0n) is 17.5. The Morgan fingerprint density at radius 3 is 2.84 bits per heavy atom. The van der Waals surface area contributed by atoms with Gasteiger partial charge < -0.3 is 10.2 Å². The van der Waals surface area contributed by atoms with Crippen LogP contribution in [-0.4, -0.2) is 41.0 Å². The van der Waals surface area contributed by atoms with E-state index in [9.17, 15) is 13.6 Å². The van der Waals surface area contributed by atoms with Gasteiger partial charge in [-0.1, -0.05) is 6.92 Å². The van der Waals surface area contributed by atoms with E-state index in [1.165, 1.54) is 12.1 Å². The molecule has 2 aliphatic heterocycles. The van der Waals surface area contributed by atoms with Gasteiger partial charge in [-0.25, -0.2) is 13.6 Å². The van der Waals surface area contributed by atoms with Gasteiger partial charge in [0.25, 0.3) is 0 Å². The molecule has 31 heavy (non-hydrogen) atoms. The second-order valence-corrected chi connectivity index (χ2v) is 9.18. The number of aromatic nitrogens is 2. The van der Waals surface area contributed by atoms with Crippen molar-refractivity contribution in [1.29, 1.82) is 0 Å². The number of halogens is 2. The fourth-order valence-electron chi connectivity index (χ4n) is 4.67. The number of thioether (sulfide) groups is 1. The maximum atomic E-state index is 14.8. The van der Waals surface area contributed by atoms with Crippen LogP contribution in [0, 0.1) is 11.6 Å². The van der Waals surface area contributed by atoms with Gasteiger partial charge in [-0.2, -0.15) is 4.98 Å². The van der Waals surface area contributed by atoms with Gasteiger partial charge in [0.05, 0.1) is 5.52 Å². The number of nitrogens with zero attached hydrogens (tertiary/aromatic N) is 3. The molecule has 5 nitrogen and oxygen atoms in total. The smallest absolute Gasteiger partial charge is 0.350 e. The van der Waals surface area contributed by atoms with Crippen molar-refractivity contribution in [1.82, 2.24) is 14.9 Å². The molecule has 0 bridgehead atoms. The average Bonchev–Trinajstić information content (AvgIpc) is 2.76. The fraction of sp³-hybridized carbons (Fsp3) is 0.391. The largest absolute Gasteiger partial charge is 0.351 e. The molecule has 0 saturated carbocycles. The lowest BCUT2D eigenvalue weighted by Gasteiger charge is -2.36. The third-order valence-electron chi connectivity index (χ3n) is 6.20. The highest BCUT2D eigenvalue weighted by Crippen LogP contribution is 2.44. The molecule has 3 heterocycles. The third-order valence-corrected chi connectivity index (χ3v) is 7.27. The Morgan fingerprint density at radius 1 is 1.26 bits per heavy atom. The van der Waals surface area contributed by atoms with Gasteiger partial charge in [0.15, 0.2) is 0 Å². The third kappa shape index (κ3) is 3.32. The number of benzene rings is 2. The normalized spacial score (nSPS) is 18.6. The molecule has 2 aromatic carbocycles. The number of aryl methyl sites for hydroxylation is 2. The van der Waals surface area contributed by atoms with E-state index in [4.69, 9.17) is 0 Å². The van der Waals surface area contributed by atoms with Crippen LogP contribution in [0.5, 0.6) is 0 Å². The molecular weight excluding hydrogens is 418 g/mol. The summed E-state index contributed by atoms with van der Waals surface area (Å²) in [5.41, 5.74) is 2.64. The van der Waals surface area contributed by atoms with E-state index < -0.39 is 11.6 Å². The minimum absolute atomic E-state index is 0.207. The maximum absolute atomic E-state index is 14.8. The molecule has 0 unspecified atom stereocenters. The fourth-order valence-corrected chi connectivity index (χ4v) is 5.89. The van der Waals surface area contributed by atoms with Crippen molar-refractivity contribution in [3.63, 3.8) is 0 Å². The molecule has 1 saturated heterocycles. The van der Waals surface area contributed by atoms with Crippen LogP contribution < -0.4 is 15.9 Å². The first kappa shape index (κ1) is 20.5. The second-order valence-electron chi connectivity index (χ2n) is 8.08. The van der Waals surface area contributed by atoms with Crippen molar-refractivity contribution in [2.45, 2.75) is 37.8 Å². The Hall–Kier alpha value is -2.45. The highest BCUT2D eigenvalue weighted by molar-refractivity contribution is 7.99. The van der Waals surface area contributed by atoms with E-state index in [2.05, 4.69) is 28.2 Å². The molecule has 0 amide bonds. The topological polar surface area (TPSA) is 50.2 Å². The Bertz CT molecular complexity index is 1240.